The Bertz CT molecular complexity index is 1300. The fourth-order valence-electron chi connectivity index (χ4n) is 3.10. The van der Waals surface area contributed by atoms with Gasteiger partial charge in [0.05, 0.1) is 22.7 Å². The lowest BCUT2D eigenvalue weighted by atomic mass is 10.1. The average molecular weight is 406 g/mol. The first-order chi connectivity index (χ1) is 14.1. The molecule has 0 aliphatic carbocycles. The van der Waals surface area contributed by atoms with Gasteiger partial charge < -0.3 is 9.09 Å². The van der Waals surface area contributed by atoms with E-state index in [0.29, 0.717) is 23.7 Å². The molecule has 0 spiro atoms. The molecule has 142 valence electrons. The van der Waals surface area contributed by atoms with E-state index in [0.717, 1.165) is 16.6 Å². The molecule has 1 aromatic carbocycles. The Morgan fingerprint density at radius 2 is 1.90 bits per heavy atom. The number of hydrogen-bond donors (Lipinski definition) is 0. The number of benzene rings is 1. The van der Waals surface area contributed by atoms with Crippen molar-refractivity contribution in [2.24, 2.45) is 0 Å². The fourth-order valence-corrected chi connectivity index (χ4v) is 3.92. The van der Waals surface area contributed by atoms with E-state index in [4.69, 9.17) is 4.52 Å². The standard InChI is InChI=1S/C20H13BF2N4OS/c21-18-5-4-17(29-18)15-8-11(28-26-15)9-27-7-6-14-16(10-27)25-20(24-14)12-2-1-3-13(22)19(12)23/h1-8,10H,9,21H2. The maximum atomic E-state index is 14.0. The van der Waals surface area contributed by atoms with Crippen LogP contribution in [0.4, 0.5) is 8.78 Å². The molecule has 0 N–H and O–H groups in total. The second-order valence-corrected chi connectivity index (χ2v) is 7.91. The molecule has 0 saturated heterocycles. The summed E-state index contributed by atoms with van der Waals surface area (Å²) in [6.45, 7) is 0.462. The molecule has 3 aromatic rings. The number of aromatic nitrogens is 4. The number of fused-ring (bicyclic) bond motifs is 1. The van der Waals surface area contributed by atoms with Gasteiger partial charge in [-0.25, -0.2) is 18.7 Å². The van der Waals surface area contributed by atoms with Crippen molar-refractivity contribution in [2.45, 2.75) is 6.54 Å². The van der Waals surface area contributed by atoms with Crippen molar-refractivity contribution in [3.63, 3.8) is 0 Å². The molecular formula is C20H13BF2N4OS. The predicted octanol–water partition coefficient (Wildman–Crippen LogP) is 3.35. The van der Waals surface area contributed by atoms with Gasteiger partial charge in [0.15, 0.2) is 31.1 Å². The second kappa shape index (κ2) is 6.93. The summed E-state index contributed by atoms with van der Waals surface area (Å²) in [6.07, 6.45) is 3.63. The molecule has 2 aliphatic heterocycles. The smallest absolute Gasteiger partial charge is 0.169 e. The minimum absolute atomic E-state index is 0.0406. The number of imidazole rings is 1. The minimum Gasteiger partial charge on any atom is -0.359 e. The maximum Gasteiger partial charge on any atom is 0.169 e. The zero-order chi connectivity index (χ0) is 20.0. The number of halogens is 2. The summed E-state index contributed by atoms with van der Waals surface area (Å²) in [5, 5.41) is 4.14. The molecule has 29 heavy (non-hydrogen) atoms. The molecule has 2 aliphatic rings. The number of pyridine rings is 1. The van der Waals surface area contributed by atoms with Crippen LogP contribution >= 0.6 is 11.3 Å². The fraction of sp³-hybridized carbons (Fsp3) is 0.0500. The van der Waals surface area contributed by atoms with Gasteiger partial charge in [0, 0.05) is 18.5 Å². The van der Waals surface area contributed by atoms with Crippen LogP contribution in [0.25, 0.3) is 33.3 Å². The lowest BCUT2D eigenvalue weighted by Crippen LogP contribution is -1.99. The Balaban J connectivity index is 1.43. The van der Waals surface area contributed by atoms with Gasteiger partial charge in [-0.15, -0.1) is 11.3 Å². The molecule has 0 radical (unpaired) electrons. The predicted molar refractivity (Wildman–Crippen MR) is 109 cm³/mol. The van der Waals surface area contributed by atoms with Gasteiger partial charge in [0.1, 0.15) is 11.4 Å². The van der Waals surface area contributed by atoms with Crippen molar-refractivity contribution < 1.29 is 13.3 Å². The van der Waals surface area contributed by atoms with Gasteiger partial charge >= 0.3 is 0 Å². The molecule has 0 amide bonds. The Labute approximate surface area is 169 Å². The molecule has 5 nitrogen and oxygen atoms in total. The molecule has 0 unspecified atom stereocenters. The molecular weight excluding hydrogens is 393 g/mol. The Kier molecular flexibility index (Phi) is 4.24. The van der Waals surface area contributed by atoms with Gasteiger partial charge in [-0.3, -0.25) is 0 Å². The van der Waals surface area contributed by atoms with Crippen LogP contribution in [0, 0.1) is 11.6 Å². The Morgan fingerprint density at radius 1 is 1.03 bits per heavy atom. The van der Waals surface area contributed by atoms with Crippen LogP contribution in [0.1, 0.15) is 5.76 Å². The van der Waals surface area contributed by atoms with Crippen molar-refractivity contribution in [1.82, 2.24) is 19.7 Å². The van der Waals surface area contributed by atoms with Crippen LogP contribution in [0.15, 0.2) is 59.4 Å². The lowest BCUT2D eigenvalue weighted by Gasteiger charge is -2.04. The third kappa shape index (κ3) is 3.34. The van der Waals surface area contributed by atoms with Crippen LogP contribution < -0.4 is 4.78 Å². The van der Waals surface area contributed by atoms with Gasteiger partial charge in [0.2, 0.25) is 0 Å². The van der Waals surface area contributed by atoms with Gasteiger partial charge in [0.25, 0.3) is 0 Å². The molecule has 4 heterocycles. The first kappa shape index (κ1) is 17.8. The molecule has 2 aromatic heterocycles. The van der Waals surface area contributed by atoms with E-state index in [1.807, 2.05) is 36.8 Å². The van der Waals surface area contributed by atoms with Gasteiger partial charge in [-0.05, 0) is 29.0 Å². The van der Waals surface area contributed by atoms with E-state index >= 15 is 0 Å². The summed E-state index contributed by atoms with van der Waals surface area (Å²) < 4.78 is 36.1. The topological polar surface area (TPSA) is 56.7 Å². The van der Waals surface area contributed by atoms with Crippen molar-refractivity contribution in [3.8, 4) is 33.3 Å². The maximum absolute atomic E-state index is 14.0. The van der Waals surface area contributed by atoms with Crippen molar-refractivity contribution in [3.05, 3.63) is 72.3 Å². The zero-order valence-corrected chi connectivity index (χ0v) is 16.1. The largest absolute Gasteiger partial charge is 0.359 e. The van der Waals surface area contributed by atoms with E-state index in [9.17, 15) is 8.78 Å². The quantitative estimate of drug-likeness (QED) is 0.430. The third-order valence-corrected chi connectivity index (χ3v) is 5.53. The van der Waals surface area contributed by atoms with E-state index in [2.05, 4.69) is 15.1 Å². The highest BCUT2D eigenvalue weighted by Gasteiger charge is 2.18. The van der Waals surface area contributed by atoms with E-state index < -0.39 is 11.6 Å². The summed E-state index contributed by atoms with van der Waals surface area (Å²) in [6, 6.07) is 11.7. The van der Waals surface area contributed by atoms with Crippen molar-refractivity contribution in [2.75, 3.05) is 0 Å². The normalized spacial score (nSPS) is 11.4. The first-order valence-corrected chi connectivity index (χ1v) is 9.69. The van der Waals surface area contributed by atoms with E-state index in [-0.39, 0.29) is 11.4 Å². The minimum atomic E-state index is -0.950. The highest BCUT2D eigenvalue weighted by Crippen LogP contribution is 2.28. The highest BCUT2D eigenvalue weighted by atomic mass is 32.1. The molecule has 0 fully saturated rings. The molecule has 0 atom stereocenters. The number of rotatable bonds is 4. The van der Waals surface area contributed by atoms with Crippen LogP contribution in [0.2, 0.25) is 0 Å². The van der Waals surface area contributed by atoms with Crippen molar-refractivity contribution in [1.29, 1.82) is 0 Å². The number of hydrogen-bond acceptors (Lipinski definition) is 5. The SMILES string of the molecule is Bc1ccc(-c2cc(Cn3ccc4nc(-c5cccc(F)c5F)nc-4c3)on2)s1. The molecule has 0 bridgehead atoms. The summed E-state index contributed by atoms with van der Waals surface area (Å²) in [5.74, 6) is -1.02. The van der Waals surface area contributed by atoms with Crippen LogP contribution in [0.3, 0.4) is 0 Å². The van der Waals surface area contributed by atoms with Crippen LogP contribution in [-0.4, -0.2) is 27.5 Å². The monoisotopic (exact) mass is 406 g/mol. The van der Waals surface area contributed by atoms with E-state index in [1.54, 1.807) is 23.6 Å². The molecule has 0 saturated carbocycles. The van der Waals surface area contributed by atoms with Crippen LogP contribution in [-0.2, 0) is 6.54 Å². The number of nitrogens with zero attached hydrogens (tertiary/aromatic N) is 4. The molecule has 9 heteroatoms. The highest BCUT2D eigenvalue weighted by molar-refractivity contribution is 7.23. The second-order valence-electron chi connectivity index (χ2n) is 6.63. The average Bonchev–Trinajstić information content (AvgIpc) is 3.43. The summed E-state index contributed by atoms with van der Waals surface area (Å²) in [7, 11) is 2.05. The first-order valence-electron chi connectivity index (χ1n) is 8.87. The van der Waals surface area contributed by atoms with E-state index in [1.165, 1.54) is 16.9 Å². The van der Waals surface area contributed by atoms with Gasteiger partial charge in [-0.2, -0.15) is 0 Å². The summed E-state index contributed by atoms with van der Waals surface area (Å²) in [5.41, 5.74) is 2.03. The third-order valence-electron chi connectivity index (χ3n) is 4.51. The Morgan fingerprint density at radius 3 is 2.72 bits per heavy atom. The molecule has 5 rings (SSSR count). The zero-order valence-electron chi connectivity index (χ0n) is 15.3. The lowest BCUT2D eigenvalue weighted by molar-refractivity contribution is 0.378. The van der Waals surface area contributed by atoms with Gasteiger partial charge in [-0.1, -0.05) is 17.3 Å². The number of thiophene rings is 1. The summed E-state index contributed by atoms with van der Waals surface area (Å²) >= 11 is 1.66. The summed E-state index contributed by atoms with van der Waals surface area (Å²) in [4.78, 5) is 9.73. The van der Waals surface area contributed by atoms with Crippen LogP contribution in [0.5, 0.6) is 0 Å². The Hall–Kier alpha value is -3.33. The van der Waals surface area contributed by atoms with Crippen molar-refractivity contribution >= 4 is 24.0 Å².